The van der Waals surface area contributed by atoms with Gasteiger partial charge in [0.05, 0.1) is 33.8 Å². The molecular formula is C49H50N3. The lowest BCUT2D eigenvalue weighted by Crippen LogP contribution is -2.33. The number of nitrogens with zero attached hydrogens (tertiary/aromatic N) is 3. The van der Waals surface area contributed by atoms with Crippen LogP contribution in [-0.4, -0.2) is 4.57 Å². The highest BCUT2D eigenvalue weighted by molar-refractivity contribution is 6.10. The van der Waals surface area contributed by atoms with E-state index in [4.69, 9.17) is 0 Å². The van der Waals surface area contributed by atoms with Crippen molar-refractivity contribution in [3.63, 3.8) is 0 Å². The van der Waals surface area contributed by atoms with Gasteiger partial charge < -0.3 is 14.4 Å². The van der Waals surface area contributed by atoms with Crippen molar-refractivity contribution in [3.8, 4) is 5.69 Å². The number of hydrogen-bond donors (Lipinski definition) is 0. The van der Waals surface area contributed by atoms with Gasteiger partial charge >= 0.3 is 0 Å². The van der Waals surface area contributed by atoms with E-state index in [-0.39, 0.29) is 0 Å². The molecule has 1 aliphatic heterocycles. The number of anilines is 4. The molecule has 3 heteroatoms. The minimum atomic E-state index is 0.344. The third-order valence-electron chi connectivity index (χ3n) is 10.9. The molecule has 52 heavy (non-hydrogen) atoms. The molecule has 0 spiro atoms. The van der Waals surface area contributed by atoms with Crippen molar-refractivity contribution in [2.75, 3.05) is 9.80 Å². The first-order valence-electron chi connectivity index (χ1n) is 19.1. The molecule has 1 radical (unpaired) electrons. The molecule has 0 unspecified atom stereocenters. The normalized spacial score (nSPS) is 13.5. The van der Waals surface area contributed by atoms with Crippen LogP contribution in [0, 0.1) is 6.17 Å². The molecule has 3 nitrogen and oxygen atoms in total. The SMILES string of the molecule is CC(C)c1cccc(C(C)C)c1N1[C](c2ccc3c(c2)c2ccccc2n3-c2ccccc2)N(c2c(C(C)C)cccc2C(C)C)c2ccccc21. The minimum absolute atomic E-state index is 0.344. The van der Waals surface area contributed by atoms with Gasteiger partial charge in [-0.3, -0.25) is 0 Å². The van der Waals surface area contributed by atoms with Gasteiger partial charge in [-0.2, -0.15) is 0 Å². The van der Waals surface area contributed by atoms with E-state index in [0.29, 0.717) is 23.7 Å². The first-order chi connectivity index (χ1) is 25.2. The van der Waals surface area contributed by atoms with Gasteiger partial charge in [-0.25, -0.2) is 0 Å². The van der Waals surface area contributed by atoms with Crippen LogP contribution in [0.25, 0.3) is 27.5 Å². The van der Waals surface area contributed by atoms with Gasteiger partial charge in [0.25, 0.3) is 0 Å². The molecule has 6 aromatic carbocycles. The van der Waals surface area contributed by atoms with Crippen LogP contribution in [0.5, 0.6) is 0 Å². The number of rotatable bonds is 8. The molecule has 0 atom stereocenters. The summed E-state index contributed by atoms with van der Waals surface area (Å²) in [7, 11) is 0. The van der Waals surface area contributed by atoms with E-state index in [0.717, 1.165) is 0 Å². The molecule has 0 aliphatic carbocycles. The highest BCUT2D eigenvalue weighted by Crippen LogP contribution is 2.58. The summed E-state index contributed by atoms with van der Waals surface area (Å²) in [6, 6.07) is 49.7. The highest BCUT2D eigenvalue weighted by atomic mass is 15.4. The lowest BCUT2D eigenvalue weighted by molar-refractivity contribution is 0.807. The Hall–Kier alpha value is -5.28. The standard InChI is InChI=1S/C49H50N3/c1-31(2)37-21-16-22-38(32(3)4)47(37)51-45-26-14-15-27-46(45)52(48-39(33(5)6)23-17-24-40(48)34(7)8)49(51)35-28-29-44-42(30-35)41-20-12-13-25-43(41)50(44)36-18-10-9-11-19-36/h9-34H,1-8H3. The molecule has 7 aromatic rings. The summed E-state index contributed by atoms with van der Waals surface area (Å²) >= 11 is 0. The van der Waals surface area contributed by atoms with Crippen LogP contribution >= 0.6 is 0 Å². The largest absolute Gasteiger partial charge is 0.309 e. The number of benzene rings is 6. The second-order valence-electron chi connectivity index (χ2n) is 15.6. The van der Waals surface area contributed by atoms with Crippen molar-refractivity contribution in [3.05, 3.63) is 167 Å². The molecule has 2 heterocycles. The predicted octanol–water partition coefficient (Wildman–Crippen LogP) is 14.1. The molecule has 0 saturated carbocycles. The fourth-order valence-corrected chi connectivity index (χ4v) is 8.39. The van der Waals surface area contributed by atoms with Crippen molar-refractivity contribution in [1.82, 2.24) is 4.57 Å². The topological polar surface area (TPSA) is 11.4 Å². The van der Waals surface area contributed by atoms with Crippen molar-refractivity contribution in [2.24, 2.45) is 0 Å². The van der Waals surface area contributed by atoms with Crippen molar-refractivity contribution < 1.29 is 0 Å². The average Bonchev–Trinajstić information content (AvgIpc) is 3.67. The van der Waals surface area contributed by atoms with E-state index in [1.807, 2.05) is 0 Å². The van der Waals surface area contributed by atoms with Gasteiger partial charge in [0.1, 0.15) is 0 Å². The summed E-state index contributed by atoms with van der Waals surface area (Å²) in [6.45, 7) is 18.6. The Labute approximate surface area is 310 Å². The lowest BCUT2D eigenvalue weighted by atomic mass is 9.90. The van der Waals surface area contributed by atoms with Crippen LogP contribution < -0.4 is 9.80 Å². The number of fused-ring (bicyclic) bond motifs is 4. The van der Waals surface area contributed by atoms with Gasteiger partial charge in [-0.15, -0.1) is 0 Å². The van der Waals surface area contributed by atoms with Gasteiger partial charge in [0.2, 0.25) is 0 Å². The van der Waals surface area contributed by atoms with Crippen LogP contribution in [0.4, 0.5) is 22.7 Å². The molecule has 0 bridgehead atoms. The minimum Gasteiger partial charge on any atom is -0.309 e. The van der Waals surface area contributed by atoms with E-state index in [1.54, 1.807) is 0 Å². The third kappa shape index (κ3) is 5.41. The fraction of sp³-hybridized carbons (Fsp3) is 0.245. The Kier molecular flexibility index (Phi) is 8.70. The monoisotopic (exact) mass is 680 g/mol. The van der Waals surface area contributed by atoms with Crippen LogP contribution in [0.1, 0.15) is 107 Å². The smallest absolute Gasteiger partial charge is 0.196 e. The van der Waals surface area contributed by atoms with Crippen molar-refractivity contribution >= 4 is 44.6 Å². The van der Waals surface area contributed by atoms with Crippen LogP contribution in [0.15, 0.2) is 133 Å². The Balaban J connectivity index is 1.49. The summed E-state index contributed by atoms with van der Waals surface area (Å²) in [5.41, 5.74) is 15.3. The zero-order valence-electron chi connectivity index (χ0n) is 31.9. The Morgan fingerprint density at radius 1 is 0.385 bits per heavy atom. The second kappa shape index (κ2) is 13.4. The van der Waals surface area contributed by atoms with Crippen LogP contribution in [0.2, 0.25) is 0 Å². The summed E-state index contributed by atoms with van der Waals surface area (Å²) in [4.78, 5) is 5.22. The highest BCUT2D eigenvalue weighted by Gasteiger charge is 2.44. The van der Waals surface area contributed by atoms with Gasteiger partial charge in [0.15, 0.2) is 6.17 Å². The Bertz CT molecular complexity index is 2250. The van der Waals surface area contributed by atoms with Crippen LogP contribution in [0.3, 0.4) is 0 Å². The quantitative estimate of drug-likeness (QED) is 0.158. The first-order valence-corrected chi connectivity index (χ1v) is 19.1. The van der Waals surface area contributed by atoms with E-state index in [9.17, 15) is 0 Å². The zero-order chi connectivity index (χ0) is 36.3. The summed E-state index contributed by atoms with van der Waals surface area (Å²) in [6.07, 6.45) is 1.18. The number of hydrogen-bond acceptors (Lipinski definition) is 2. The summed E-state index contributed by atoms with van der Waals surface area (Å²) in [5, 5.41) is 2.51. The number of aromatic nitrogens is 1. The molecular weight excluding hydrogens is 631 g/mol. The maximum absolute atomic E-state index is 2.61. The van der Waals surface area contributed by atoms with Crippen molar-refractivity contribution in [1.29, 1.82) is 0 Å². The van der Waals surface area contributed by atoms with E-state index >= 15 is 0 Å². The van der Waals surface area contributed by atoms with E-state index in [2.05, 4.69) is 203 Å². The molecule has 261 valence electrons. The fourth-order valence-electron chi connectivity index (χ4n) is 8.39. The summed E-state index contributed by atoms with van der Waals surface area (Å²) in [5.74, 6) is 1.38. The molecule has 0 saturated heterocycles. The van der Waals surface area contributed by atoms with Crippen LogP contribution in [-0.2, 0) is 0 Å². The number of para-hydroxylation sites is 6. The molecule has 8 rings (SSSR count). The predicted molar refractivity (Wildman–Crippen MR) is 223 cm³/mol. The molecule has 0 fully saturated rings. The van der Waals surface area contributed by atoms with E-state index in [1.165, 1.54) is 84.2 Å². The molecule has 0 N–H and O–H groups in total. The Morgan fingerprint density at radius 2 is 0.827 bits per heavy atom. The summed E-state index contributed by atoms with van der Waals surface area (Å²) < 4.78 is 2.41. The maximum atomic E-state index is 2.61. The average molecular weight is 681 g/mol. The van der Waals surface area contributed by atoms with Crippen molar-refractivity contribution in [2.45, 2.75) is 79.1 Å². The van der Waals surface area contributed by atoms with E-state index < -0.39 is 0 Å². The molecule has 1 aliphatic rings. The van der Waals surface area contributed by atoms with Gasteiger partial charge in [-0.05, 0) is 88.4 Å². The third-order valence-corrected chi connectivity index (χ3v) is 10.9. The maximum Gasteiger partial charge on any atom is 0.196 e. The lowest BCUT2D eigenvalue weighted by Gasteiger charge is -2.37. The van der Waals surface area contributed by atoms with Gasteiger partial charge in [0, 0.05) is 22.0 Å². The first kappa shape index (κ1) is 33.8. The molecule has 0 amide bonds. The second-order valence-corrected chi connectivity index (χ2v) is 15.6. The van der Waals surface area contributed by atoms with Gasteiger partial charge in [-0.1, -0.05) is 146 Å². The molecule has 1 aromatic heterocycles. The zero-order valence-corrected chi connectivity index (χ0v) is 31.9. The Morgan fingerprint density at radius 3 is 1.33 bits per heavy atom.